The maximum absolute atomic E-state index is 13.3. The second kappa shape index (κ2) is 9.41. The van der Waals surface area contributed by atoms with Crippen LogP contribution in [0.3, 0.4) is 0 Å². The number of nitrogens with zero attached hydrogens (tertiary/aromatic N) is 4. The Kier molecular flexibility index (Phi) is 6.65. The zero-order valence-electron chi connectivity index (χ0n) is 20.8. The van der Waals surface area contributed by atoms with E-state index in [1.807, 2.05) is 23.5 Å². The van der Waals surface area contributed by atoms with Gasteiger partial charge in [-0.2, -0.15) is 0 Å². The number of carbonyl (C=O) groups is 1. The van der Waals surface area contributed by atoms with Crippen LogP contribution in [0.2, 0.25) is 0 Å². The second-order valence-corrected chi connectivity index (χ2v) is 11.2. The molecule has 0 radical (unpaired) electrons. The van der Waals surface area contributed by atoms with Gasteiger partial charge in [0, 0.05) is 30.5 Å². The van der Waals surface area contributed by atoms with Crippen LogP contribution >= 0.6 is 0 Å². The standard InChI is InChI=1S/C24H30N6O5S/c1-15(2)35-20-11-14-30(27-20)19-9-8-17(21(26-19)29-13-10-16(3)24(29,4)5)22(31)28-36(33,34)18-7-6-12-25-23(18)32/h6-9,11-12,14-16H,10,13H2,1-5H3,(H,25,32)(H,28,31). The number of sulfonamides is 1. The van der Waals surface area contributed by atoms with Gasteiger partial charge < -0.3 is 14.6 Å². The Labute approximate surface area is 209 Å². The summed E-state index contributed by atoms with van der Waals surface area (Å²) in [5.41, 5.74) is -1.09. The van der Waals surface area contributed by atoms with E-state index in [0.717, 1.165) is 12.5 Å². The van der Waals surface area contributed by atoms with Crippen molar-refractivity contribution in [1.82, 2.24) is 24.5 Å². The van der Waals surface area contributed by atoms with E-state index in [1.165, 1.54) is 23.0 Å². The number of hydrogen-bond acceptors (Lipinski definition) is 8. The summed E-state index contributed by atoms with van der Waals surface area (Å²) in [6.45, 7) is 10.7. The van der Waals surface area contributed by atoms with Gasteiger partial charge in [0.1, 0.15) is 5.82 Å². The van der Waals surface area contributed by atoms with Crippen molar-refractivity contribution in [2.24, 2.45) is 5.92 Å². The van der Waals surface area contributed by atoms with Crippen LogP contribution in [0.5, 0.6) is 5.88 Å². The molecule has 0 spiro atoms. The summed E-state index contributed by atoms with van der Waals surface area (Å²) >= 11 is 0. The molecule has 0 aliphatic carbocycles. The lowest BCUT2D eigenvalue weighted by Crippen LogP contribution is -2.44. The molecule has 1 aliphatic heterocycles. The number of ether oxygens (including phenoxy) is 1. The predicted octanol–water partition coefficient (Wildman–Crippen LogP) is 2.49. The van der Waals surface area contributed by atoms with Crippen molar-refractivity contribution < 1.29 is 17.9 Å². The molecule has 4 rings (SSSR count). The third kappa shape index (κ3) is 4.85. The van der Waals surface area contributed by atoms with Gasteiger partial charge in [-0.25, -0.2) is 22.8 Å². The molecule has 2 N–H and O–H groups in total. The zero-order valence-corrected chi connectivity index (χ0v) is 21.7. The number of pyridine rings is 2. The van der Waals surface area contributed by atoms with Crippen molar-refractivity contribution in [2.45, 2.75) is 57.6 Å². The van der Waals surface area contributed by atoms with Gasteiger partial charge in [-0.3, -0.25) is 9.59 Å². The van der Waals surface area contributed by atoms with Crippen LogP contribution < -0.4 is 19.9 Å². The van der Waals surface area contributed by atoms with Crippen molar-refractivity contribution in [1.29, 1.82) is 0 Å². The largest absolute Gasteiger partial charge is 0.474 e. The minimum Gasteiger partial charge on any atom is -0.474 e. The molecular formula is C24H30N6O5S. The third-order valence-corrected chi connectivity index (χ3v) is 7.86. The molecule has 3 aromatic heterocycles. The van der Waals surface area contributed by atoms with E-state index in [4.69, 9.17) is 9.72 Å². The van der Waals surface area contributed by atoms with Crippen molar-refractivity contribution in [3.63, 3.8) is 0 Å². The smallest absolute Gasteiger partial charge is 0.269 e. The van der Waals surface area contributed by atoms with E-state index in [2.05, 4.69) is 30.9 Å². The molecular weight excluding hydrogens is 484 g/mol. The van der Waals surface area contributed by atoms with Gasteiger partial charge in [0.2, 0.25) is 5.88 Å². The highest BCUT2D eigenvalue weighted by Crippen LogP contribution is 2.39. The molecule has 1 aliphatic rings. The first-order chi connectivity index (χ1) is 16.9. The summed E-state index contributed by atoms with van der Waals surface area (Å²) in [5.74, 6) is 0.633. The van der Waals surface area contributed by atoms with Crippen LogP contribution in [0.4, 0.5) is 5.82 Å². The normalized spacial score (nSPS) is 17.4. The first kappa shape index (κ1) is 25.4. The van der Waals surface area contributed by atoms with Crippen LogP contribution in [0.25, 0.3) is 5.82 Å². The number of hydrogen-bond donors (Lipinski definition) is 2. The van der Waals surface area contributed by atoms with E-state index >= 15 is 0 Å². The van der Waals surface area contributed by atoms with Crippen molar-refractivity contribution in [3.05, 3.63) is 58.6 Å². The minimum atomic E-state index is -4.41. The van der Waals surface area contributed by atoms with Gasteiger partial charge in [0.15, 0.2) is 10.7 Å². The SMILES string of the molecule is CC(C)Oc1ccn(-c2ccc(C(=O)NS(=O)(=O)c3ccc[nH]c3=O)c(N3CCC(C)C3(C)C)n2)n1. The summed E-state index contributed by atoms with van der Waals surface area (Å²) in [6, 6.07) is 7.32. The van der Waals surface area contributed by atoms with Gasteiger partial charge in [-0.1, -0.05) is 6.92 Å². The highest BCUT2D eigenvalue weighted by Gasteiger charge is 2.41. The Morgan fingerprint density at radius 1 is 1.25 bits per heavy atom. The van der Waals surface area contributed by atoms with Gasteiger partial charge >= 0.3 is 0 Å². The zero-order chi connectivity index (χ0) is 26.3. The van der Waals surface area contributed by atoms with Gasteiger partial charge in [-0.15, -0.1) is 5.10 Å². The number of rotatable bonds is 7. The quantitative estimate of drug-likeness (QED) is 0.490. The van der Waals surface area contributed by atoms with Crippen LogP contribution in [-0.2, 0) is 10.0 Å². The Morgan fingerprint density at radius 3 is 2.64 bits per heavy atom. The lowest BCUT2D eigenvalue weighted by molar-refractivity contribution is 0.0981. The maximum Gasteiger partial charge on any atom is 0.269 e. The number of carbonyl (C=O) groups excluding carboxylic acids is 1. The number of anilines is 1. The van der Waals surface area contributed by atoms with E-state index in [0.29, 0.717) is 30.0 Å². The molecule has 36 heavy (non-hydrogen) atoms. The number of aromatic nitrogens is 4. The Bertz CT molecular complexity index is 1440. The number of aromatic amines is 1. The summed E-state index contributed by atoms with van der Waals surface area (Å²) in [7, 11) is -4.41. The molecule has 1 saturated heterocycles. The third-order valence-electron chi connectivity index (χ3n) is 6.50. The molecule has 0 bridgehead atoms. The van der Waals surface area contributed by atoms with Crippen molar-refractivity contribution in [2.75, 3.05) is 11.4 Å². The molecule has 1 fully saturated rings. The molecule has 11 nitrogen and oxygen atoms in total. The van der Waals surface area contributed by atoms with Gasteiger partial charge in [0.25, 0.3) is 21.5 Å². The van der Waals surface area contributed by atoms with Crippen LogP contribution in [0.1, 0.15) is 51.4 Å². The Balaban J connectivity index is 1.75. The van der Waals surface area contributed by atoms with Gasteiger partial charge in [-0.05, 0) is 64.3 Å². The summed E-state index contributed by atoms with van der Waals surface area (Å²) in [6.07, 6.45) is 3.85. The molecule has 1 unspecified atom stereocenters. The molecule has 0 saturated carbocycles. The Hall–Kier alpha value is -3.67. The summed E-state index contributed by atoms with van der Waals surface area (Å²) in [5, 5.41) is 4.40. The fourth-order valence-corrected chi connectivity index (χ4v) is 5.17. The van der Waals surface area contributed by atoms with E-state index in [1.54, 1.807) is 18.3 Å². The molecule has 0 aromatic carbocycles. The van der Waals surface area contributed by atoms with E-state index < -0.39 is 26.4 Å². The van der Waals surface area contributed by atoms with E-state index in [9.17, 15) is 18.0 Å². The first-order valence-corrected chi connectivity index (χ1v) is 13.1. The topological polar surface area (TPSA) is 139 Å². The maximum atomic E-state index is 13.3. The summed E-state index contributed by atoms with van der Waals surface area (Å²) < 4.78 is 34.8. The Morgan fingerprint density at radius 2 is 2.00 bits per heavy atom. The molecule has 1 amide bonds. The first-order valence-electron chi connectivity index (χ1n) is 11.7. The molecule has 192 valence electrons. The number of amides is 1. The lowest BCUT2D eigenvalue weighted by atomic mass is 9.90. The lowest BCUT2D eigenvalue weighted by Gasteiger charge is -2.36. The number of H-pyrrole nitrogens is 1. The van der Waals surface area contributed by atoms with Crippen LogP contribution in [0, 0.1) is 5.92 Å². The average molecular weight is 515 g/mol. The highest BCUT2D eigenvalue weighted by atomic mass is 32.2. The fraction of sp³-hybridized carbons (Fsp3) is 0.417. The average Bonchev–Trinajstić information content (AvgIpc) is 3.36. The molecule has 12 heteroatoms. The minimum absolute atomic E-state index is 0.0476. The van der Waals surface area contributed by atoms with Crippen molar-refractivity contribution in [3.8, 4) is 11.7 Å². The second-order valence-electron chi connectivity index (χ2n) is 9.60. The van der Waals surface area contributed by atoms with Crippen LogP contribution in [0.15, 0.2) is 52.4 Å². The van der Waals surface area contributed by atoms with E-state index in [-0.39, 0.29) is 17.2 Å². The molecule has 3 aromatic rings. The summed E-state index contributed by atoms with van der Waals surface area (Å²) in [4.78, 5) is 33.8. The molecule has 1 atom stereocenters. The monoisotopic (exact) mass is 514 g/mol. The molecule has 4 heterocycles. The van der Waals surface area contributed by atoms with Gasteiger partial charge in [0.05, 0.1) is 11.7 Å². The predicted molar refractivity (Wildman–Crippen MR) is 134 cm³/mol. The number of nitrogens with one attached hydrogen (secondary N) is 2. The van der Waals surface area contributed by atoms with Crippen LogP contribution in [-0.4, -0.2) is 52.3 Å². The van der Waals surface area contributed by atoms with Crippen molar-refractivity contribution >= 4 is 21.7 Å². The highest BCUT2D eigenvalue weighted by molar-refractivity contribution is 7.90. The fourth-order valence-electron chi connectivity index (χ4n) is 4.15.